The molecular formula is C27H19BrClN3O3. The quantitative estimate of drug-likeness (QED) is 0.437. The van der Waals surface area contributed by atoms with Crippen LogP contribution < -0.4 is 9.91 Å². The van der Waals surface area contributed by atoms with Crippen LogP contribution in [-0.2, 0) is 14.3 Å². The maximum Gasteiger partial charge on any atom is 0.240 e. The lowest BCUT2D eigenvalue weighted by Gasteiger charge is -2.32. The highest BCUT2D eigenvalue weighted by molar-refractivity contribution is 9.10. The molecule has 0 spiro atoms. The van der Waals surface area contributed by atoms with Crippen molar-refractivity contribution in [2.75, 3.05) is 9.91 Å². The van der Waals surface area contributed by atoms with E-state index in [2.05, 4.69) is 15.9 Å². The monoisotopic (exact) mass is 547 g/mol. The summed E-state index contributed by atoms with van der Waals surface area (Å²) in [6.45, 7) is 0. The summed E-state index contributed by atoms with van der Waals surface area (Å²) in [5.41, 5.74) is 3.13. The highest BCUT2D eigenvalue weighted by atomic mass is 79.9. The first-order valence-corrected chi connectivity index (χ1v) is 12.7. The third-order valence-electron chi connectivity index (χ3n) is 7.55. The van der Waals surface area contributed by atoms with Gasteiger partial charge in [-0.15, -0.1) is 0 Å². The summed E-state index contributed by atoms with van der Waals surface area (Å²) >= 11 is 10.0. The molecule has 0 aliphatic carbocycles. The number of carbonyl (C=O) groups is 2. The number of hydrazone groups is 1. The molecule has 3 saturated heterocycles. The van der Waals surface area contributed by atoms with Gasteiger partial charge in [-0.1, -0.05) is 63.9 Å². The minimum atomic E-state index is -0.541. The van der Waals surface area contributed by atoms with Gasteiger partial charge in [0.15, 0.2) is 0 Å². The van der Waals surface area contributed by atoms with Crippen LogP contribution in [0.4, 0.5) is 11.4 Å². The van der Waals surface area contributed by atoms with E-state index in [-0.39, 0.29) is 23.8 Å². The summed E-state index contributed by atoms with van der Waals surface area (Å²) in [6, 6.07) is 24.5. The fourth-order valence-corrected chi connectivity index (χ4v) is 6.67. The lowest BCUT2D eigenvalue weighted by molar-refractivity contribution is -0.125. The average molecular weight is 549 g/mol. The van der Waals surface area contributed by atoms with Crippen molar-refractivity contribution in [3.8, 4) is 0 Å². The molecule has 35 heavy (non-hydrogen) atoms. The van der Waals surface area contributed by atoms with Crippen LogP contribution in [0.3, 0.4) is 0 Å². The van der Waals surface area contributed by atoms with Gasteiger partial charge < -0.3 is 4.74 Å². The van der Waals surface area contributed by atoms with E-state index < -0.39 is 24.0 Å². The molecule has 4 heterocycles. The van der Waals surface area contributed by atoms with Crippen molar-refractivity contribution in [2.45, 2.75) is 18.2 Å². The van der Waals surface area contributed by atoms with Crippen LogP contribution in [0.15, 0.2) is 88.4 Å². The second-order valence-corrected chi connectivity index (χ2v) is 10.6. The first-order valence-electron chi connectivity index (χ1n) is 11.5. The summed E-state index contributed by atoms with van der Waals surface area (Å²) < 4.78 is 7.34. The van der Waals surface area contributed by atoms with Crippen LogP contribution in [0.5, 0.6) is 0 Å². The highest BCUT2D eigenvalue weighted by Crippen LogP contribution is 2.56. The van der Waals surface area contributed by atoms with Crippen molar-refractivity contribution in [3.05, 3.63) is 93.9 Å². The number of hydrogen-bond donors (Lipinski definition) is 0. The van der Waals surface area contributed by atoms with Gasteiger partial charge in [-0.25, -0.2) is 4.90 Å². The van der Waals surface area contributed by atoms with Crippen molar-refractivity contribution in [1.82, 2.24) is 0 Å². The summed E-state index contributed by atoms with van der Waals surface area (Å²) in [4.78, 5) is 28.6. The number of hydrogen-bond acceptors (Lipinski definition) is 5. The second-order valence-electron chi connectivity index (χ2n) is 9.27. The van der Waals surface area contributed by atoms with Gasteiger partial charge in [0.2, 0.25) is 11.8 Å². The molecule has 6 unspecified atom stereocenters. The van der Waals surface area contributed by atoms with Crippen molar-refractivity contribution in [1.29, 1.82) is 0 Å². The van der Waals surface area contributed by atoms with E-state index in [4.69, 9.17) is 21.4 Å². The topological polar surface area (TPSA) is 62.2 Å². The molecular weight excluding hydrogens is 530 g/mol. The number of ether oxygens (including phenoxy) is 1. The number of anilines is 2. The third-order valence-corrected chi connectivity index (χ3v) is 8.41. The molecule has 3 fully saturated rings. The van der Waals surface area contributed by atoms with Gasteiger partial charge in [-0.3, -0.25) is 14.6 Å². The van der Waals surface area contributed by atoms with E-state index in [1.807, 2.05) is 71.7 Å². The van der Waals surface area contributed by atoms with Crippen LogP contribution in [0.25, 0.3) is 0 Å². The normalized spacial score (nSPS) is 30.6. The van der Waals surface area contributed by atoms with Gasteiger partial charge in [0, 0.05) is 15.1 Å². The van der Waals surface area contributed by atoms with Gasteiger partial charge in [-0.2, -0.15) is 5.10 Å². The van der Waals surface area contributed by atoms with Gasteiger partial charge in [-0.05, 0) is 42.5 Å². The second kappa shape index (κ2) is 7.75. The first-order chi connectivity index (χ1) is 17.0. The number of imide groups is 1. The van der Waals surface area contributed by atoms with Crippen LogP contribution in [0, 0.1) is 17.8 Å². The molecule has 174 valence electrons. The van der Waals surface area contributed by atoms with Gasteiger partial charge in [0.1, 0.15) is 0 Å². The number of rotatable bonds is 3. The Morgan fingerprint density at radius 1 is 0.771 bits per heavy atom. The molecule has 8 heteroatoms. The number of amides is 2. The standard InChI is InChI=1S/C27H19BrClN3O3/c28-14-10-12-15(13-11-14)31-26(33)19-20(27(31)34)25-23-21(24(19)35-25)22(17-8-4-5-9-18(17)29)30-32(23)16-6-2-1-3-7-16/h1-13,19-21,23-25H. The zero-order valence-corrected chi connectivity index (χ0v) is 20.6. The Morgan fingerprint density at radius 2 is 1.43 bits per heavy atom. The fraction of sp³-hybridized carbons (Fsp3) is 0.222. The summed E-state index contributed by atoms with van der Waals surface area (Å²) in [6.07, 6.45) is -0.897. The number of halogens is 2. The lowest BCUT2D eigenvalue weighted by atomic mass is 9.70. The number of nitrogens with zero attached hydrogens (tertiary/aromatic N) is 3. The predicted molar refractivity (Wildman–Crippen MR) is 136 cm³/mol. The molecule has 2 amide bonds. The van der Waals surface area contributed by atoms with Crippen LogP contribution >= 0.6 is 27.5 Å². The van der Waals surface area contributed by atoms with Gasteiger partial charge in [0.25, 0.3) is 0 Å². The van der Waals surface area contributed by atoms with E-state index >= 15 is 0 Å². The molecule has 0 aromatic heterocycles. The molecule has 4 aliphatic heterocycles. The molecule has 0 N–H and O–H groups in total. The molecule has 6 nitrogen and oxygen atoms in total. The number of benzene rings is 3. The molecule has 0 radical (unpaired) electrons. The third kappa shape index (κ3) is 2.95. The smallest absolute Gasteiger partial charge is 0.240 e. The SMILES string of the molecule is O=C1C2C3OC(C2C(=O)N1c1ccc(Br)cc1)C1C3C(c2ccccc2Cl)=NN1c1ccccc1. The zero-order chi connectivity index (χ0) is 23.8. The summed E-state index contributed by atoms with van der Waals surface area (Å²) in [7, 11) is 0. The fourth-order valence-electron chi connectivity index (χ4n) is 6.17. The Labute approximate surface area is 215 Å². The van der Waals surface area contributed by atoms with E-state index in [0.29, 0.717) is 10.7 Å². The minimum absolute atomic E-state index is 0.178. The summed E-state index contributed by atoms with van der Waals surface area (Å²) in [5.74, 6) is -1.66. The Kier molecular flexibility index (Phi) is 4.72. The molecule has 4 aliphatic rings. The van der Waals surface area contributed by atoms with Crippen molar-refractivity contribution in [2.24, 2.45) is 22.9 Å². The lowest BCUT2D eigenvalue weighted by Crippen LogP contribution is -2.50. The number of para-hydroxylation sites is 1. The van der Waals surface area contributed by atoms with E-state index in [0.717, 1.165) is 21.4 Å². The summed E-state index contributed by atoms with van der Waals surface area (Å²) in [5, 5.41) is 7.59. The first kappa shape index (κ1) is 21.3. The molecule has 3 aromatic carbocycles. The molecule has 6 atom stereocenters. The number of fused-ring (bicyclic) bond motifs is 8. The Morgan fingerprint density at radius 3 is 2.14 bits per heavy atom. The van der Waals surface area contributed by atoms with Crippen LogP contribution in [-0.4, -0.2) is 35.8 Å². The maximum absolute atomic E-state index is 13.7. The van der Waals surface area contributed by atoms with E-state index in [1.165, 1.54) is 4.90 Å². The predicted octanol–water partition coefficient (Wildman–Crippen LogP) is 4.90. The van der Waals surface area contributed by atoms with E-state index in [9.17, 15) is 9.59 Å². The van der Waals surface area contributed by atoms with E-state index in [1.54, 1.807) is 12.1 Å². The highest BCUT2D eigenvalue weighted by Gasteiger charge is 2.72. The average Bonchev–Trinajstić information content (AvgIpc) is 3.60. The molecule has 2 bridgehead atoms. The zero-order valence-electron chi connectivity index (χ0n) is 18.3. The Balaban J connectivity index is 1.33. The van der Waals surface area contributed by atoms with Gasteiger partial charge >= 0.3 is 0 Å². The van der Waals surface area contributed by atoms with Crippen molar-refractivity contribution < 1.29 is 14.3 Å². The van der Waals surface area contributed by atoms with Gasteiger partial charge in [0.05, 0.1) is 53.1 Å². The van der Waals surface area contributed by atoms with Crippen molar-refractivity contribution >= 4 is 56.4 Å². The number of carbonyl (C=O) groups excluding carboxylic acids is 2. The largest absolute Gasteiger partial charge is 0.370 e. The molecule has 3 aromatic rings. The van der Waals surface area contributed by atoms with Crippen LogP contribution in [0.1, 0.15) is 5.56 Å². The van der Waals surface area contributed by atoms with Crippen LogP contribution in [0.2, 0.25) is 5.02 Å². The Bertz CT molecular complexity index is 1400. The van der Waals surface area contributed by atoms with Crippen molar-refractivity contribution in [3.63, 3.8) is 0 Å². The molecule has 0 saturated carbocycles. The maximum atomic E-state index is 13.7. The minimum Gasteiger partial charge on any atom is -0.370 e. The Hall–Kier alpha value is -3.00. The molecule has 7 rings (SSSR count).